The topological polar surface area (TPSA) is 81.4 Å². The number of anilines is 1. The van der Waals surface area contributed by atoms with Crippen LogP contribution < -0.4 is 5.32 Å². The number of aryl methyl sites for hydroxylation is 3. The molecular weight excluding hydrogens is 308 g/mol. The Kier molecular flexibility index (Phi) is 5.39. The fraction of sp³-hybridized carbons (Fsp3) is 0.389. The summed E-state index contributed by atoms with van der Waals surface area (Å²) in [7, 11) is 0. The van der Waals surface area contributed by atoms with E-state index in [9.17, 15) is 9.59 Å². The molecule has 2 aromatic rings. The van der Waals surface area contributed by atoms with Crippen LogP contribution in [-0.2, 0) is 9.53 Å². The fourth-order valence-electron chi connectivity index (χ4n) is 2.50. The number of aromatic nitrogens is 1. The average molecular weight is 330 g/mol. The molecule has 1 heterocycles. The Labute approximate surface area is 141 Å². The van der Waals surface area contributed by atoms with E-state index in [1.54, 1.807) is 13.8 Å². The predicted molar refractivity (Wildman–Crippen MR) is 90.2 cm³/mol. The maximum Gasteiger partial charge on any atom is 0.344 e. The van der Waals surface area contributed by atoms with Gasteiger partial charge in [-0.15, -0.1) is 0 Å². The smallest absolute Gasteiger partial charge is 0.344 e. The molecule has 0 atom stereocenters. The number of hydrogen-bond donors (Lipinski definition) is 1. The van der Waals surface area contributed by atoms with Gasteiger partial charge in [-0.05, 0) is 37.8 Å². The van der Waals surface area contributed by atoms with Gasteiger partial charge >= 0.3 is 5.97 Å². The molecule has 0 aliphatic carbocycles. The van der Waals surface area contributed by atoms with Crippen LogP contribution in [-0.4, -0.2) is 23.6 Å². The van der Waals surface area contributed by atoms with Crippen LogP contribution in [0.2, 0.25) is 0 Å². The van der Waals surface area contributed by atoms with Crippen LogP contribution >= 0.6 is 0 Å². The van der Waals surface area contributed by atoms with E-state index in [4.69, 9.17) is 9.26 Å². The molecule has 1 aromatic heterocycles. The molecule has 0 saturated carbocycles. The largest absolute Gasteiger partial charge is 0.452 e. The molecule has 24 heavy (non-hydrogen) atoms. The molecule has 0 fully saturated rings. The molecular formula is C18H22N2O4. The molecule has 0 saturated heterocycles. The van der Waals surface area contributed by atoms with Gasteiger partial charge in [-0.3, -0.25) is 4.79 Å². The highest BCUT2D eigenvalue weighted by atomic mass is 16.5. The lowest BCUT2D eigenvalue weighted by atomic mass is 9.98. The Hall–Kier alpha value is -2.63. The van der Waals surface area contributed by atoms with Gasteiger partial charge in [0.25, 0.3) is 5.91 Å². The molecule has 0 aliphatic heterocycles. The minimum Gasteiger partial charge on any atom is -0.452 e. The number of para-hydroxylation sites is 1. The van der Waals surface area contributed by atoms with Gasteiger partial charge in [0.2, 0.25) is 0 Å². The lowest BCUT2D eigenvalue weighted by Crippen LogP contribution is -2.22. The Morgan fingerprint density at radius 2 is 1.96 bits per heavy atom. The molecule has 0 aliphatic rings. The van der Waals surface area contributed by atoms with Crippen molar-refractivity contribution in [2.24, 2.45) is 0 Å². The maximum absolute atomic E-state index is 12.2. The van der Waals surface area contributed by atoms with E-state index >= 15 is 0 Å². The molecule has 6 nitrogen and oxygen atoms in total. The Balaban J connectivity index is 2.04. The van der Waals surface area contributed by atoms with Crippen molar-refractivity contribution >= 4 is 17.6 Å². The van der Waals surface area contributed by atoms with Crippen LogP contribution in [0.15, 0.2) is 22.7 Å². The minimum absolute atomic E-state index is 0.265. The number of rotatable bonds is 5. The van der Waals surface area contributed by atoms with Crippen molar-refractivity contribution in [2.45, 2.75) is 40.5 Å². The fourth-order valence-corrected chi connectivity index (χ4v) is 2.50. The van der Waals surface area contributed by atoms with Gasteiger partial charge in [0, 0.05) is 5.69 Å². The number of ether oxygens (including phenoxy) is 1. The van der Waals surface area contributed by atoms with E-state index in [1.165, 1.54) is 0 Å². The summed E-state index contributed by atoms with van der Waals surface area (Å²) in [5.41, 5.74) is 3.48. The van der Waals surface area contributed by atoms with Gasteiger partial charge in [-0.1, -0.05) is 37.2 Å². The molecule has 0 spiro atoms. The van der Waals surface area contributed by atoms with Gasteiger partial charge in [-0.25, -0.2) is 4.79 Å². The summed E-state index contributed by atoms with van der Waals surface area (Å²) in [5.74, 6) is -0.356. The summed E-state index contributed by atoms with van der Waals surface area (Å²) in [5, 5.41) is 6.53. The van der Waals surface area contributed by atoms with Crippen molar-refractivity contribution in [3.05, 3.63) is 46.3 Å². The Morgan fingerprint density at radius 1 is 1.25 bits per heavy atom. The number of carbonyl (C=O) groups excluding carboxylic acids is 2. The van der Waals surface area contributed by atoms with E-state index in [0.717, 1.165) is 16.8 Å². The zero-order valence-electron chi connectivity index (χ0n) is 14.6. The highest BCUT2D eigenvalue weighted by Crippen LogP contribution is 2.27. The zero-order chi connectivity index (χ0) is 17.9. The summed E-state index contributed by atoms with van der Waals surface area (Å²) in [6, 6.07) is 5.86. The first-order valence-corrected chi connectivity index (χ1v) is 7.80. The first-order chi connectivity index (χ1) is 11.3. The van der Waals surface area contributed by atoms with Crippen molar-refractivity contribution in [2.75, 3.05) is 11.9 Å². The van der Waals surface area contributed by atoms with Gasteiger partial charge in [0.1, 0.15) is 11.3 Å². The lowest BCUT2D eigenvalue weighted by Gasteiger charge is -2.16. The third kappa shape index (κ3) is 3.82. The predicted octanol–water partition coefficient (Wildman–Crippen LogP) is 3.52. The average Bonchev–Trinajstić information content (AvgIpc) is 2.85. The van der Waals surface area contributed by atoms with Gasteiger partial charge in [-0.2, -0.15) is 0 Å². The number of nitrogens with zero attached hydrogens (tertiary/aromatic N) is 1. The first kappa shape index (κ1) is 17.7. The second kappa shape index (κ2) is 7.29. The number of nitrogens with one attached hydrogen (secondary N) is 1. The lowest BCUT2D eigenvalue weighted by molar-refractivity contribution is -0.119. The molecule has 0 unspecified atom stereocenters. The highest BCUT2D eigenvalue weighted by Gasteiger charge is 2.20. The molecule has 1 amide bonds. The van der Waals surface area contributed by atoms with Crippen molar-refractivity contribution in [3.63, 3.8) is 0 Å². The summed E-state index contributed by atoms with van der Waals surface area (Å²) < 4.78 is 10.00. The number of amides is 1. The van der Waals surface area contributed by atoms with Crippen LogP contribution in [0.25, 0.3) is 0 Å². The third-order valence-corrected chi connectivity index (χ3v) is 3.76. The summed E-state index contributed by atoms with van der Waals surface area (Å²) in [4.78, 5) is 24.2. The third-order valence-electron chi connectivity index (χ3n) is 3.76. The van der Waals surface area contributed by atoms with Crippen LogP contribution in [0.4, 0.5) is 5.69 Å². The van der Waals surface area contributed by atoms with Gasteiger partial charge in [0.05, 0.1) is 5.69 Å². The zero-order valence-corrected chi connectivity index (χ0v) is 14.6. The standard InChI is InChI=1S/C18H22N2O4/c1-10(2)14-8-6-7-11(3)17(14)19-15(21)9-23-18(22)16-12(4)20-24-13(16)5/h6-8,10H,9H2,1-5H3,(H,19,21). The van der Waals surface area contributed by atoms with Crippen LogP contribution in [0.3, 0.4) is 0 Å². The molecule has 2 rings (SSSR count). The van der Waals surface area contributed by atoms with E-state index < -0.39 is 5.97 Å². The van der Waals surface area contributed by atoms with Crippen LogP contribution in [0, 0.1) is 20.8 Å². The van der Waals surface area contributed by atoms with Crippen molar-refractivity contribution in [3.8, 4) is 0 Å². The molecule has 1 N–H and O–H groups in total. The summed E-state index contributed by atoms with van der Waals surface area (Å²) in [6.07, 6.45) is 0. The maximum atomic E-state index is 12.2. The monoisotopic (exact) mass is 330 g/mol. The second-order valence-electron chi connectivity index (χ2n) is 6.02. The normalized spacial score (nSPS) is 10.8. The highest BCUT2D eigenvalue weighted by molar-refractivity contribution is 5.97. The van der Waals surface area contributed by atoms with Gasteiger partial charge < -0.3 is 14.6 Å². The molecule has 1 aromatic carbocycles. The van der Waals surface area contributed by atoms with E-state index in [0.29, 0.717) is 11.5 Å². The molecule has 0 radical (unpaired) electrons. The SMILES string of the molecule is Cc1cccc(C(C)C)c1NC(=O)COC(=O)c1c(C)noc1C. The summed E-state index contributed by atoms with van der Waals surface area (Å²) >= 11 is 0. The molecule has 0 bridgehead atoms. The molecule has 6 heteroatoms. The van der Waals surface area contributed by atoms with Gasteiger partial charge in [0.15, 0.2) is 6.61 Å². The van der Waals surface area contributed by atoms with Crippen LogP contribution in [0.1, 0.15) is 52.7 Å². The van der Waals surface area contributed by atoms with E-state index in [-0.39, 0.29) is 24.0 Å². The number of esters is 1. The van der Waals surface area contributed by atoms with Crippen molar-refractivity contribution in [1.82, 2.24) is 5.16 Å². The van der Waals surface area contributed by atoms with E-state index in [2.05, 4.69) is 24.3 Å². The quantitative estimate of drug-likeness (QED) is 0.848. The van der Waals surface area contributed by atoms with E-state index in [1.807, 2.05) is 25.1 Å². The second-order valence-corrected chi connectivity index (χ2v) is 6.02. The van der Waals surface area contributed by atoms with Crippen LogP contribution in [0.5, 0.6) is 0 Å². The number of benzene rings is 1. The van der Waals surface area contributed by atoms with Crippen molar-refractivity contribution in [1.29, 1.82) is 0 Å². The summed E-state index contributed by atoms with van der Waals surface area (Å²) in [6.45, 7) is 8.95. The number of hydrogen-bond acceptors (Lipinski definition) is 5. The Bertz CT molecular complexity index is 743. The van der Waals surface area contributed by atoms with Crippen molar-refractivity contribution < 1.29 is 18.8 Å². The number of carbonyl (C=O) groups is 2. The minimum atomic E-state index is -0.615. The molecule has 128 valence electrons. The Morgan fingerprint density at radius 3 is 2.54 bits per heavy atom. The first-order valence-electron chi connectivity index (χ1n) is 7.80.